The summed E-state index contributed by atoms with van der Waals surface area (Å²) in [5.74, 6) is -0.290. The highest BCUT2D eigenvalue weighted by Gasteiger charge is 2.30. The molecule has 3 rings (SSSR count). The molecule has 0 unspecified atom stereocenters. The van der Waals surface area contributed by atoms with Gasteiger partial charge in [0.1, 0.15) is 12.4 Å². The smallest absolute Gasteiger partial charge is 0.421 e. The van der Waals surface area contributed by atoms with E-state index in [9.17, 15) is 9.59 Å². The highest BCUT2D eigenvalue weighted by atomic mass is 35.5. The molecule has 2 aromatic rings. The van der Waals surface area contributed by atoms with Gasteiger partial charge < -0.3 is 10.4 Å². The molecular formula is C13H14ClN7O3. The van der Waals surface area contributed by atoms with Gasteiger partial charge in [0.25, 0.3) is 0 Å². The van der Waals surface area contributed by atoms with Crippen LogP contribution in [0.3, 0.4) is 0 Å². The summed E-state index contributed by atoms with van der Waals surface area (Å²) in [5.41, 5.74) is 4.06. The lowest BCUT2D eigenvalue weighted by Gasteiger charge is -2.15. The largest absolute Gasteiger partial charge is 0.464 e. The molecule has 126 valence electrons. The summed E-state index contributed by atoms with van der Waals surface area (Å²) < 4.78 is 1.47. The lowest BCUT2D eigenvalue weighted by Crippen LogP contribution is -2.46. The number of rotatable bonds is 4. The summed E-state index contributed by atoms with van der Waals surface area (Å²) in [6, 6.07) is 4.58. The fourth-order valence-electron chi connectivity index (χ4n) is 2.41. The van der Waals surface area contributed by atoms with Crippen LogP contribution < -0.4 is 10.7 Å². The van der Waals surface area contributed by atoms with Crippen LogP contribution in [0.25, 0.3) is 5.69 Å². The maximum absolute atomic E-state index is 12.2. The fraction of sp³-hybridized carbons (Fsp3) is 0.308. The second kappa shape index (κ2) is 6.81. The molecule has 0 bridgehead atoms. The van der Waals surface area contributed by atoms with Gasteiger partial charge in [-0.1, -0.05) is 11.6 Å². The highest BCUT2D eigenvalue weighted by molar-refractivity contribution is 6.30. The van der Waals surface area contributed by atoms with Crippen molar-refractivity contribution in [3.8, 4) is 5.69 Å². The first kappa shape index (κ1) is 16.1. The Hall–Kier alpha value is -2.72. The number of carboxylic acid groups (broad SMARTS) is 1. The maximum Gasteiger partial charge on any atom is 0.421 e. The molecule has 11 heteroatoms. The van der Waals surface area contributed by atoms with Crippen molar-refractivity contribution in [3.63, 3.8) is 0 Å². The Bertz CT molecular complexity index is 752. The minimum absolute atomic E-state index is 0.208. The van der Waals surface area contributed by atoms with Crippen molar-refractivity contribution in [3.05, 3.63) is 35.1 Å². The standard InChI is InChI=1S/C13H14ClN7O3/c14-9-1-2-11(21-7-16-18-19-21)8(5-9)6-15-12(22)10-3-4-20(17-10)13(23)24/h1-2,5,7,10,17H,3-4,6H2,(H,15,22)(H,23,24)/t10-/m0/s1. The van der Waals surface area contributed by atoms with Gasteiger partial charge in [0.15, 0.2) is 0 Å². The van der Waals surface area contributed by atoms with Crippen LogP contribution in [0.2, 0.25) is 5.02 Å². The zero-order valence-electron chi connectivity index (χ0n) is 12.4. The van der Waals surface area contributed by atoms with Crippen molar-refractivity contribution in [2.75, 3.05) is 6.54 Å². The monoisotopic (exact) mass is 351 g/mol. The van der Waals surface area contributed by atoms with Crippen LogP contribution in [0.15, 0.2) is 24.5 Å². The first-order valence-corrected chi connectivity index (χ1v) is 7.48. The molecule has 10 nitrogen and oxygen atoms in total. The molecule has 0 radical (unpaired) electrons. The Morgan fingerprint density at radius 1 is 1.46 bits per heavy atom. The van der Waals surface area contributed by atoms with Gasteiger partial charge in [-0.05, 0) is 40.6 Å². The minimum Gasteiger partial charge on any atom is -0.464 e. The van der Waals surface area contributed by atoms with Crippen LogP contribution >= 0.6 is 11.6 Å². The van der Waals surface area contributed by atoms with Gasteiger partial charge in [-0.3, -0.25) is 4.79 Å². The number of aromatic nitrogens is 4. The molecule has 0 saturated carbocycles. The van der Waals surface area contributed by atoms with Crippen molar-refractivity contribution in [1.82, 2.24) is 36.0 Å². The van der Waals surface area contributed by atoms with Crippen LogP contribution in [0.1, 0.15) is 12.0 Å². The van der Waals surface area contributed by atoms with Crippen molar-refractivity contribution in [2.45, 2.75) is 19.0 Å². The third kappa shape index (κ3) is 3.44. The van der Waals surface area contributed by atoms with E-state index in [2.05, 4.69) is 26.3 Å². The number of carbonyl (C=O) groups excluding carboxylic acids is 1. The maximum atomic E-state index is 12.2. The number of halogens is 1. The number of hydrogen-bond donors (Lipinski definition) is 3. The molecule has 2 amide bonds. The van der Waals surface area contributed by atoms with Crippen molar-refractivity contribution < 1.29 is 14.7 Å². The molecule has 1 atom stereocenters. The fourth-order valence-corrected chi connectivity index (χ4v) is 2.61. The molecule has 1 saturated heterocycles. The zero-order chi connectivity index (χ0) is 17.1. The Labute approximate surface area is 141 Å². The van der Waals surface area contributed by atoms with Crippen LogP contribution in [-0.2, 0) is 11.3 Å². The van der Waals surface area contributed by atoms with Crippen LogP contribution in [0.4, 0.5) is 4.79 Å². The predicted molar refractivity (Wildman–Crippen MR) is 82.3 cm³/mol. The Morgan fingerprint density at radius 2 is 2.29 bits per heavy atom. The van der Waals surface area contributed by atoms with Gasteiger partial charge in [-0.2, -0.15) is 0 Å². The molecule has 3 N–H and O–H groups in total. The van der Waals surface area contributed by atoms with Crippen LogP contribution in [0.5, 0.6) is 0 Å². The number of tetrazole rings is 1. The molecule has 1 aliphatic rings. The molecule has 1 aromatic carbocycles. The third-order valence-corrected chi connectivity index (χ3v) is 3.83. The summed E-state index contributed by atoms with van der Waals surface area (Å²) in [6.45, 7) is 0.473. The number of amides is 2. The highest BCUT2D eigenvalue weighted by Crippen LogP contribution is 2.19. The number of hydrogen-bond acceptors (Lipinski definition) is 6. The second-order valence-corrected chi connectivity index (χ2v) is 5.59. The zero-order valence-corrected chi connectivity index (χ0v) is 13.1. The Kier molecular flexibility index (Phi) is 4.58. The van der Waals surface area contributed by atoms with E-state index in [1.165, 1.54) is 11.0 Å². The summed E-state index contributed by atoms with van der Waals surface area (Å²) in [6.07, 6.45) is 0.742. The van der Waals surface area contributed by atoms with Crippen molar-refractivity contribution in [2.24, 2.45) is 0 Å². The summed E-state index contributed by atoms with van der Waals surface area (Å²) >= 11 is 6.02. The molecular weight excluding hydrogens is 338 g/mol. The van der Waals surface area contributed by atoms with E-state index in [4.69, 9.17) is 16.7 Å². The minimum atomic E-state index is -1.11. The number of hydrazine groups is 1. The number of benzene rings is 1. The van der Waals surface area contributed by atoms with Crippen molar-refractivity contribution in [1.29, 1.82) is 0 Å². The number of carbonyl (C=O) groups is 2. The number of nitrogens with one attached hydrogen (secondary N) is 2. The topological polar surface area (TPSA) is 125 Å². The van der Waals surface area contributed by atoms with E-state index in [-0.39, 0.29) is 19.0 Å². The SMILES string of the molecule is O=C(NCc1cc(Cl)ccc1-n1cnnn1)[C@@H]1CCN(C(=O)O)N1. The van der Waals surface area contributed by atoms with Crippen LogP contribution in [0, 0.1) is 0 Å². The van der Waals surface area contributed by atoms with Gasteiger partial charge in [0.2, 0.25) is 5.91 Å². The summed E-state index contributed by atoms with van der Waals surface area (Å²) in [5, 5.41) is 24.2. The van der Waals surface area contributed by atoms with E-state index in [0.29, 0.717) is 17.1 Å². The molecule has 0 aliphatic carbocycles. The first-order valence-electron chi connectivity index (χ1n) is 7.11. The number of nitrogens with zero attached hydrogens (tertiary/aromatic N) is 5. The van der Waals surface area contributed by atoms with E-state index in [1.807, 2.05) is 0 Å². The molecule has 1 aromatic heterocycles. The molecule has 24 heavy (non-hydrogen) atoms. The lowest BCUT2D eigenvalue weighted by molar-refractivity contribution is -0.123. The van der Waals surface area contributed by atoms with Crippen LogP contribution in [-0.4, -0.2) is 54.9 Å². The molecule has 1 aliphatic heterocycles. The third-order valence-electron chi connectivity index (χ3n) is 3.59. The Morgan fingerprint density at radius 3 is 2.96 bits per heavy atom. The van der Waals surface area contributed by atoms with Gasteiger partial charge in [-0.25, -0.2) is 19.9 Å². The predicted octanol–water partition coefficient (Wildman–Crippen LogP) is 0.189. The lowest BCUT2D eigenvalue weighted by atomic mass is 10.1. The first-order chi connectivity index (χ1) is 11.5. The average Bonchev–Trinajstić information content (AvgIpc) is 3.24. The van der Waals surface area contributed by atoms with E-state index < -0.39 is 12.1 Å². The summed E-state index contributed by atoms with van der Waals surface area (Å²) in [7, 11) is 0. The van der Waals surface area contributed by atoms with E-state index in [0.717, 1.165) is 10.6 Å². The second-order valence-electron chi connectivity index (χ2n) is 5.15. The van der Waals surface area contributed by atoms with E-state index in [1.54, 1.807) is 18.2 Å². The molecule has 0 spiro atoms. The van der Waals surface area contributed by atoms with Gasteiger partial charge in [-0.15, -0.1) is 5.10 Å². The summed E-state index contributed by atoms with van der Waals surface area (Å²) in [4.78, 5) is 23.1. The molecule has 1 fully saturated rings. The van der Waals surface area contributed by atoms with Gasteiger partial charge in [0.05, 0.1) is 5.69 Å². The average molecular weight is 352 g/mol. The Balaban J connectivity index is 1.68. The van der Waals surface area contributed by atoms with Crippen molar-refractivity contribution >= 4 is 23.6 Å². The quantitative estimate of drug-likeness (QED) is 0.717. The van der Waals surface area contributed by atoms with Gasteiger partial charge in [0, 0.05) is 18.1 Å². The molecule has 2 heterocycles. The van der Waals surface area contributed by atoms with Gasteiger partial charge >= 0.3 is 6.09 Å². The van der Waals surface area contributed by atoms with E-state index >= 15 is 0 Å². The normalized spacial score (nSPS) is 17.0.